The van der Waals surface area contributed by atoms with Crippen LogP contribution in [-0.4, -0.2) is 24.2 Å². The third kappa shape index (κ3) is 3.01. The summed E-state index contributed by atoms with van der Waals surface area (Å²) in [4.78, 5) is 11.3. The largest absolute Gasteiger partial charge is 0.497 e. The average molecular weight is 291 g/mol. The summed E-state index contributed by atoms with van der Waals surface area (Å²) in [6.07, 6.45) is 1.15. The highest BCUT2D eigenvalue weighted by molar-refractivity contribution is 6.62. The standard InChI is InChI=1S/C15H19BFNO3/c1-6-13(19)18-10-7-8-12(17)11(9-10)16-20-14(2,3)15(4,5)21-16/h6-9H,1H2,2-5H3,(H,18,19). The van der Waals surface area contributed by atoms with Crippen molar-refractivity contribution in [3.8, 4) is 0 Å². The second-order valence-corrected chi connectivity index (χ2v) is 6.02. The molecule has 1 saturated heterocycles. The topological polar surface area (TPSA) is 47.6 Å². The van der Waals surface area contributed by atoms with Crippen molar-refractivity contribution in [1.82, 2.24) is 0 Å². The highest BCUT2D eigenvalue weighted by Gasteiger charge is 2.52. The lowest BCUT2D eigenvalue weighted by atomic mass is 9.78. The van der Waals surface area contributed by atoms with E-state index in [-0.39, 0.29) is 11.4 Å². The van der Waals surface area contributed by atoms with Gasteiger partial charge in [0.1, 0.15) is 5.82 Å². The molecule has 0 unspecified atom stereocenters. The number of amides is 1. The van der Waals surface area contributed by atoms with Crippen LogP contribution >= 0.6 is 0 Å². The number of rotatable bonds is 3. The first-order chi connectivity index (χ1) is 9.66. The van der Waals surface area contributed by atoms with E-state index in [0.29, 0.717) is 5.69 Å². The fourth-order valence-corrected chi connectivity index (χ4v) is 1.97. The van der Waals surface area contributed by atoms with Crippen molar-refractivity contribution < 1.29 is 18.5 Å². The third-order valence-electron chi connectivity index (χ3n) is 3.96. The first-order valence-corrected chi connectivity index (χ1v) is 6.75. The molecule has 1 aliphatic heterocycles. The summed E-state index contributed by atoms with van der Waals surface area (Å²) in [6, 6.07) is 4.27. The molecule has 0 saturated carbocycles. The molecule has 6 heteroatoms. The molecule has 112 valence electrons. The fraction of sp³-hybridized carbons (Fsp3) is 0.400. The van der Waals surface area contributed by atoms with Crippen molar-refractivity contribution in [2.45, 2.75) is 38.9 Å². The molecule has 1 aromatic rings. The highest BCUT2D eigenvalue weighted by Crippen LogP contribution is 2.36. The van der Waals surface area contributed by atoms with Gasteiger partial charge in [-0.1, -0.05) is 6.58 Å². The van der Waals surface area contributed by atoms with Crippen LogP contribution in [0.15, 0.2) is 30.9 Å². The first-order valence-electron chi connectivity index (χ1n) is 6.75. The highest BCUT2D eigenvalue weighted by atomic mass is 19.1. The molecule has 4 nitrogen and oxygen atoms in total. The van der Waals surface area contributed by atoms with Crippen LogP contribution in [0.5, 0.6) is 0 Å². The minimum atomic E-state index is -0.810. The number of hydrogen-bond acceptors (Lipinski definition) is 3. The van der Waals surface area contributed by atoms with E-state index in [1.54, 1.807) is 0 Å². The van der Waals surface area contributed by atoms with Gasteiger partial charge in [0.15, 0.2) is 0 Å². The van der Waals surface area contributed by atoms with E-state index in [1.807, 2.05) is 27.7 Å². The van der Waals surface area contributed by atoms with Gasteiger partial charge in [0.05, 0.1) is 11.2 Å². The van der Waals surface area contributed by atoms with Crippen molar-refractivity contribution in [3.63, 3.8) is 0 Å². The predicted molar refractivity (Wildman–Crippen MR) is 80.9 cm³/mol. The maximum absolute atomic E-state index is 14.1. The lowest BCUT2D eigenvalue weighted by Crippen LogP contribution is -2.41. The van der Waals surface area contributed by atoms with Crippen LogP contribution < -0.4 is 10.8 Å². The SMILES string of the molecule is C=CC(=O)Nc1ccc(F)c(B2OC(C)(C)C(C)(C)O2)c1. The summed E-state index contributed by atoms with van der Waals surface area (Å²) in [5.41, 5.74) is -0.379. The molecule has 1 aliphatic rings. The molecule has 1 aromatic carbocycles. The minimum absolute atomic E-state index is 0.260. The summed E-state index contributed by atoms with van der Waals surface area (Å²) < 4.78 is 25.7. The molecule has 2 rings (SSSR count). The van der Waals surface area contributed by atoms with E-state index in [1.165, 1.54) is 18.2 Å². The zero-order valence-electron chi connectivity index (χ0n) is 12.7. The zero-order chi connectivity index (χ0) is 15.8. The van der Waals surface area contributed by atoms with E-state index in [0.717, 1.165) is 6.08 Å². The molecule has 0 aliphatic carbocycles. The normalized spacial score (nSPS) is 19.4. The van der Waals surface area contributed by atoms with Crippen LogP contribution in [0, 0.1) is 5.82 Å². The Morgan fingerprint density at radius 1 is 1.29 bits per heavy atom. The molecular formula is C15H19BFNO3. The smallest absolute Gasteiger partial charge is 0.399 e. The lowest BCUT2D eigenvalue weighted by molar-refractivity contribution is -0.111. The van der Waals surface area contributed by atoms with Gasteiger partial charge in [-0.25, -0.2) is 4.39 Å². The Balaban J connectivity index is 2.30. The van der Waals surface area contributed by atoms with E-state index in [4.69, 9.17) is 9.31 Å². The maximum atomic E-state index is 14.1. The van der Waals surface area contributed by atoms with Gasteiger partial charge in [0.25, 0.3) is 0 Å². The molecular weight excluding hydrogens is 272 g/mol. The number of hydrogen-bond donors (Lipinski definition) is 1. The Kier molecular flexibility index (Phi) is 3.95. The fourth-order valence-electron chi connectivity index (χ4n) is 1.97. The van der Waals surface area contributed by atoms with E-state index < -0.39 is 24.1 Å². The monoisotopic (exact) mass is 291 g/mol. The molecule has 1 fully saturated rings. The molecule has 1 heterocycles. The van der Waals surface area contributed by atoms with Crippen LogP contribution in [0.3, 0.4) is 0 Å². The van der Waals surface area contributed by atoms with Crippen LogP contribution in [-0.2, 0) is 14.1 Å². The molecule has 0 bridgehead atoms. The molecule has 0 radical (unpaired) electrons. The van der Waals surface area contributed by atoms with Crippen molar-refractivity contribution in [1.29, 1.82) is 0 Å². The van der Waals surface area contributed by atoms with Gasteiger partial charge in [-0.15, -0.1) is 0 Å². The van der Waals surface area contributed by atoms with Crippen LogP contribution in [0.1, 0.15) is 27.7 Å². The predicted octanol–water partition coefficient (Wildman–Crippen LogP) is 2.25. The maximum Gasteiger partial charge on any atom is 0.497 e. The van der Waals surface area contributed by atoms with Gasteiger partial charge < -0.3 is 14.6 Å². The second-order valence-electron chi connectivity index (χ2n) is 6.02. The number of anilines is 1. The Morgan fingerprint density at radius 3 is 2.38 bits per heavy atom. The Morgan fingerprint density at radius 2 is 1.86 bits per heavy atom. The summed E-state index contributed by atoms with van der Waals surface area (Å²) in [7, 11) is -0.810. The van der Waals surface area contributed by atoms with Crippen LogP contribution in [0.25, 0.3) is 0 Å². The van der Waals surface area contributed by atoms with Crippen molar-refractivity contribution in [2.24, 2.45) is 0 Å². The minimum Gasteiger partial charge on any atom is -0.399 e. The van der Waals surface area contributed by atoms with Gasteiger partial charge in [-0.05, 0) is 52.0 Å². The van der Waals surface area contributed by atoms with Gasteiger partial charge in [-0.2, -0.15) is 0 Å². The lowest BCUT2D eigenvalue weighted by Gasteiger charge is -2.32. The quantitative estimate of drug-likeness (QED) is 0.686. The van der Waals surface area contributed by atoms with E-state index in [2.05, 4.69) is 11.9 Å². The van der Waals surface area contributed by atoms with Gasteiger partial charge in [-0.3, -0.25) is 4.79 Å². The van der Waals surface area contributed by atoms with Gasteiger partial charge >= 0.3 is 7.12 Å². The number of nitrogens with one attached hydrogen (secondary N) is 1. The summed E-state index contributed by atoms with van der Waals surface area (Å²) in [5.74, 6) is -0.799. The molecule has 21 heavy (non-hydrogen) atoms. The number of benzene rings is 1. The Labute approximate surface area is 124 Å². The Bertz CT molecular complexity index is 570. The summed E-state index contributed by atoms with van der Waals surface area (Å²) >= 11 is 0. The van der Waals surface area contributed by atoms with Crippen molar-refractivity contribution in [3.05, 3.63) is 36.7 Å². The van der Waals surface area contributed by atoms with Crippen molar-refractivity contribution >= 4 is 24.2 Å². The number of halogens is 1. The van der Waals surface area contributed by atoms with Gasteiger partial charge in [0, 0.05) is 11.2 Å². The second kappa shape index (κ2) is 5.28. The van der Waals surface area contributed by atoms with E-state index >= 15 is 0 Å². The number of carbonyl (C=O) groups is 1. The van der Waals surface area contributed by atoms with Gasteiger partial charge in [0.2, 0.25) is 5.91 Å². The molecule has 1 N–H and O–H groups in total. The van der Waals surface area contributed by atoms with Crippen LogP contribution in [0.2, 0.25) is 0 Å². The molecule has 0 spiro atoms. The Hall–Kier alpha value is -1.66. The summed E-state index contributed by atoms with van der Waals surface area (Å²) in [5, 5.41) is 2.59. The van der Waals surface area contributed by atoms with Crippen molar-refractivity contribution in [2.75, 3.05) is 5.32 Å². The zero-order valence-corrected chi connectivity index (χ0v) is 12.7. The van der Waals surface area contributed by atoms with Crippen LogP contribution in [0.4, 0.5) is 10.1 Å². The number of carbonyl (C=O) groups excluding carboxylic acids is 1. The average Bonchev–Trinajstić information content (AvgIpc) is 2.60. The third-order valence-corrected chi connectivity index (χ3v) is 3.96. The molecule has 1 amide bonds. The first kappa shape index (κ1) is 15.7. The molecule has 0 aromatic heterocycles. The van der Waals surface area contributed by atoms with E-state index in [9.17, 15) is 9.18 Å². The summed E-state index contributed by atoms with van der Waals surface area (Å²) in [6.45, 7) is 11.0. The molecule has 0 atom stereocenters.